The molecule has 0 aliphatic heterocycles. The SMILES string of the molecule is CCC(CCNC(=O)Nc1ccc(F)c(C)c1)[NH+](C)C. The Morgan fingerprint density at radius 1 is 1.40 bits per heavy atom. The van der Waals surface area contributed by atoms with E-state index >= 15 is 0 Å². The highest BCUT2D eigenvalue weighted by Gasteiger charge is 2.12. The summed E-state index contributed by atoms with van der Waals surface area (Å²) in [5.74, 6) is -0.268. The molecule has 1 aromatic rings. The van der Waals surface area contributed by atoms with Crippen molar-refractivity contribution in [2.24, 2.45) is 0 Å². The van der Waals surface area contributed by atoms with Crippen LogP contribution in [0.4, 0.5) is 14.9 Å². The highest BCUT2D eigenvalue weighted by atomic mass is 19.1. The zero-order chi connectivity index (χ0) is 15.1. The highest BCUT2D eigenvalue weighted by molar-refractivity contribution is 5.89. The van der Waals surface area contributed by atoms with Gasteiger partial charge in [0.05, 0.1) is 20.1 Å². The van der Waals surface area contributed by atoms with Gasteiger partial charge in [0.25, 0.3) is 0 Å². The molecule has 0 saturated carbocycles. The molecular weight excluding hydrogens is 257 g/mol. The monoisotopic (exact) mass is 282 g/mol. The first-order chi connectivity index (χ1) is 9.43. The van der Waals surface area contributed by atoms with E-state index in [9.17, 15) is 9.18 Å². The Kier molecular flexibility index (Phi) is 6.45. The second kappa shape index (κ2) is 7.85. The fourth-order valence-electron chi connectivity index (χ4n) is 2.16. The van der Waals surface area contributed by atoms with Crippen LogP contribution < -0.4 is 15.5 Å². The van der Waals surface area contributed by atoms with E-state index < -0.39 is 0 Å². The maximum atomic E-state index is 13.1. The summed E-state index contributed by atoms with van der Waals surface area (Å²) in [5, 5.41) is 5.54. The highest BCUT2D eigenvalue weighted by Crippen LogP contribution is 2.13. The van der Waals surface area contributed by atoms with Crippen molar-refractivity contribution < 1.29 is 14.1 Å². The third kappa shape index (κ3) is 5.17. The summed E-state index contributed by atoms with van der Waals surface area (Å²) in [6.45, 7) is 4.46. The molecule has 1 unspecified atom stereocenters. The minimum atomic E-state index is -0.268. The summed E-state index contributed by atoms with van der Waals surface area (Å²) in [6.07, 6.45) is 2.03. The second-order valence-corrected chi connectivity index (χ2v) is 5.32. The molecule has 5 heteroatoms. The summed E-state index contributed by atoms with van der Waals surface area (Å²) in [7, 11) is 4.24. The Labute approximate surface area is 120 Å². The Balaban J connectivity index is 2.38. The van der Waals surface area contributed by atoms with E-state index in [0.29, 0.717) is 23.8 Å². The van der Waals surface area contributed by atoms with Crippen molar-refractivity contribution in [1.29, 1.82) is 0 Å². The molecule has 2 amide bonds. The lowest BCUT2D eigenvalue weighted by Gasteiger charge is -2.20. The van der Waals surface area contributed by atoms with Gasteiger partial charge < -0.3 is 15.5 Å². The average molecular weight is 282 g/mol. The number of halogens is 1. The van der Waals surface area contributed by atoms with Gasteiger partial charge >= 0.3 is 6.03 Å². The first-order valence-electron chi connectivity index (χ1n) is 7.05. The summed E-state index contributed by atoms with van der Waals surface area (Å²) in [6, 6.07) is 4.82. The molecule has 112 valence electrons. The van der Waals surface area contributed by atoms with Crippen LogP contribution in [0.5, 0.6) is 0 Å². The van der Waals surface area contributed by atoms with Crippen LogP contribution in [0, 0.1) is 12.7 Å². The lowest BCUT2D eigenvalue weighted by Crippen LogP contribution is -3.10. The number of hydrogen-bond donors (Lipinski definition) is 3. The lowest BCUT2D eigenvalue weighted by molar-refractivity contribution is -0.886. The number of carbonyl (C=O) groups is 1. The molecule has 1 aromatic carbocycles. The van der Waals surface area contributed by atoms with Gasteiger partial charge in [0.1, 0.15) is 5.82 Å². The summed E-state index contributed by atoms with van der Waals surface area (Å²) < 4.78 is 13.1. The number of nitrogens with one attached hydrogen (secondary N) is 3. The number of urea groups is 1. The zero-order valence-corrected chi connectivity index (χ0v) is 12.7. The standard InChI is InChI=1S/C15H24FN3O/c1-5-13(19(3)4)8-9-17-15(20)18-12-6-7-14(16)11(2)10-12/h6-7,10,13H,5,8-9H2,1-4H3,(H2,17,18,20)/p+1. The molecule has 0 radical (unpaired) electrons. The van der Waals surface area contributed by atoms with Gasteiger partial charge in [-0.15, -0.1) is 0 Å². The van der Waals surface area contributed by atoms with E-state index in [1.807, 2.05) is 0 Å². The van der Waals surface area contributed by atoms with E-state index in [1.165, 1.54) is 11.0 Å². The molecular formula is C15H25FN3O+. The quantitative estimate of drug-likeness (QED) is 0.728. The number of aryl methyl sites for hydroxylation is 1. The number of carbonyl (C=O) groups excluding carboxylic acids is 1. The van der Waals surface area contributed by atoms with Crippen molar-refractivity contribution in [3.8, 4) is 0 Å². The average Bonchev–Trinajstić information content (AvgIpc) is 2.38. The molecule has 1 atom stereocenters. The number of rotatable bonds is 6. The van der Waals surface area contributed by atoms with Gasteiger partial charge in [0.15, 0.2) is 0 Å². The van der Waals surface area contributed by atoms with Crippen LogP contribution in [0.25, 0.3) is 0 Å². The Hall–Kier alpha value is -1.62. The van der Waals surface area contributed by atoms with Crippen LogP contribution in [-0.2, 0) is 0 Å². The Morgan fingerprint density at radius 3 is 2.65 bits per heavy atom. The first kappa shape index (κ1) is 16.4. The van der Waals surface area contributed by atoms with Crippen LogP contribution in [0.1, 0.15) is 25.3 Å². The molecule has 20 heavy (non-hydrogen) atoms. The smallest absolute Gasteiger partial charge is 0.319 e. The van der Waals surface area contributed by atoms with E-state index in [-0.39, 0.29) is 11.8 Å². The summed E-state index contributed by atoms with van der Waals surface area (Å²) in [5.41, 5.74) is 1.12. The van der Waals surface area contributed by atoms with Crippen molar-refractivity contribution >= 4 is 11.7 Å². The molecule has 0 saturated heterocycles. The molecule has 0 fully saturated rings. The third-order valence-corrected chi connectivity index (χ3v) is 3.50. The van der Waals surface area contributed by atoms with E-state index in [0.717, 1.165) is 12.8 Å². The Morgan fingerprint density at radius 2 is 2.10 bits per heavy atom. The van der Waals surface area contributed by atoms with Gasteiger partial charge in [-0.1, -0.05) is 6.92 Å². The van der Waals surface area contributed by atoms with Crippen molar-refractivity contribution in [2.75, 3.05) is 26.0 Å². The molecule has 1 rings (SSSR count). The van der Waals surface area contributed by atoms with Gasteiger partial charge in [-0.05, 0) is 37.1 Å². The van der Waals surface area contributed by atoms with Gasteiger partial charge in [0, 0.05) is 18.7 Å². The molecule has 0 heterocycles. The normalized spacial score (nSPS) is 12.3. The second-order valence-electron chi connectivity index (χ2n) is 5.32. The predicted molar refractivity (Wildman–Crippen MR) is 79.7 cm³/mol. The molecule has 4 nitrogen and oxygen atoms in total. The van der Waals surface area contributed by atoms with Crippen LogP contribution >= 0.6 is 0 Å². The van der Waals surface area contributed by atoms with Crippen molar-refractivity contribution in [3.05, 3.63) is 29.6 Å². The maximum Gasteiger partial charge on any atom is 0.319 e. The molecule has 0 aromatic heterocycles. The van der Waals surface area contributed by atoms with Crippen molar-refractivity contribution in [2.45, 2.75) is 32.7 Å². The summed E-state index contributed by atoms with van der Waals surface area (Å²) in [4.78, 5) is 13.1. The molecule has 0 spiro atoms. The number of amides is 2. The largest absolute Gasteiger partial charge is 0.338 e. The van der Waals surface area contributed by atoms with Crippen LogP contribution in [-0.4, -0.2) is 32.7 Å². The predicted octanol–water partition coefficient (Wildman–Crippen LogP) is 1.57. The zero-order valence-electron chi connectivity index (χ0n) is 12.7. The number of quaternary nitrogens is 1. The minimum absolute atomic E-state index is 0.250. The minimum Gasteiger partial charge on any atom is -0.338 e. The van der Waals surface area contributed by atoms with E-state index in [1.54, 1.807) is 19.1 Å². The number of hydrogen-bond acceptors (Lipinski definition) is 1. The van der Waals surface area contributed by atoms with Crippen LogP contribution in [0.3, 0.4) is 0 Å². The fraction of sp³-hybridized carbons (Fsp3) is 0.533. The van der Waals surface area contributed by atoms with Gasteiger partial charge in [-0.25, -0.2) is 9.18 Å². The van der Waals surface area contributed by atoms with E-state index in [2.05, 4.69) is 31.7 Å². The van der Waals surface area contributed by atoms with Gasteiger partial charge in [-0.2, -0.15) is 0 Å². The fourth-order valence-corrected chi connectivity index (χ4v) is 2.16. The van der Waals surface area contributed by atoms with Crippen LogP contribution in [0.15, 0.2) is 18.2 Å². The number of benzene rings is 1. The van der Waals surface area contributed by atoms with Gasteiger partial charge in [-0.3, -0.25) is 0 Å². The molecule has 3 N–H and O–H groups in total. The molecule has 0 aliphatic carbocycles. The van der Waals surface area contributed by atoms with Crippen molar-refractivity contribution in [3.63, 3.8) is 0 Å². The molecule has 0 aliphatic rings. The van der Waals surface area contributed by atoms with Gasteiger partial charge in [0.2, 0.25) is 0 Å². The van der Waals surface area contributed by atoms with Crippen LogP contribution in [0.2, 0.25) is 0 Å². The lowest BCUT2D eigenvalue weighted by atomic mass is 10.1. The topological polar surface area (TPSA) is 45.6 Å². The Bertz CT molecular complexity index is 449. The summed E-state index contributed by atoms with van der Waals surface area (Å²) >= 11 is 0. The maximum absolute atomic E-state index is 13.1. The number of anilines is 1. The first-order valence-corrected chi connectivity index (χ1v) is 7.05. The van der Waals surface area contributed by atoms with Crippen molar-refractivity contribution in [1.82, 2.24) is 5.32 Å². The molecule has 0 bridgehead atoms. The van der Waals surface area contributed by atoms with E-state index in [4.69, 9.17) is 0 Å². The third-order valence-electron chi connectivity index (χ3n) is 3.50.